The number of carbonyl (C=O) groups is 1. The molecule has 106 valence electrons. The van der Waals surface area contributed by atoms with Gasteiger partial charge in [0.25, 0.3) is 0 Å². The molecule has 4 heteroatoms. The second-order valence-electron chi connectivity index (χ2n) is 4.53. The van der Waals surface area contributed by atoms with Gasteiger partial charge in [0, 0.05) is 20.2 Å². The van der Waals surface area contributed by atoms with Crippen LogP contribution in [0, 0.1) is 0 Å². The molecule has 4 nitrogen and oxygen atoms in total. The first kappa shape index (κ1) is 15.7. The lowest BCUT2D eigenvalue weighted by Crippen LogP contribution is -2.29. The predicted molar refractivity (Wildman–Crippen MR) is 75.0 cm³/mol. The normalized spacial score (nSPS) is 12.2. The summed E-state index contributed by atoms with van der Waals surface area (Å²) in [6, 6.07) is 8.51. The summed E-state index contributed by atoms with van der Waals surface area (Å²) < 4.78 is 9.84. The topological polar surface area (TPSA) is 47.6 Å². The molecule has 0 bridgehead atoms. The molecule has 0 aliphatic rings. The zero-order chi connectivity index (χ0) is 14.1. The maximum Gasteiger partial charge on any atom is 0.332 e. The third-order valence-corrected chi connectivity index (χ3v) is 2.79. The summed E-state index contributed by atoms with van der Waals surface area (Å²) in [7, 11) is 1.48. The van der Waals surface area contributed by atoms with E-state index in [2.05, 4.69) is 36.5 Å². The van der Waals surface area contributed by atoms with E-state index < -0.39 is 0 Å². The number of carbonyl (C=O) groups excluding carboxylic acids is 1. The van der Waals surface area contributed by atoms with Gasteiger partial charge in [-0.25, -0.2) is 4.79 Å². The van der Waals surface area contributed by atoms with Crippen molar-refractivity contribution in [3.63, 3.8) is 0 Å². The molecule has 0 aromatic heterocycles. The zero-order valence-corrected chi connectivity index (χ0v) is 11.9. The SMILES string of the molecule is CCc1ccc(CNCC(C)OC(=O)COC)cc1. The number of hydrogen-bond donors (Lipinski definition) is 1. The molecule has 1 aromatic rings. The first-order chi connectivity index (χ1) is 9.15. The molecule has 0 fully saturated rings. The summed E-state index contributed by atoms with van der Waals surface area (Å²) in [5.41, 5.74) is 2.57. The molecule has 1 unspecified atom stereocenters. The fourth-order valence-electron chi connectivity index (χ4n) is 1.73. The summed E-state index contributed by atoms with van der Waals surface area (Å²) in [5.74, 6) is -0.330. The molecule has 0 aliphatic carbocycles. The molecule has 0 spiro atoms. The van der Waals surface area contributed by atoms with Crippen LogP contribution in [0.15, 0.2) is 24.3 Å². The Kier molecular flexibility index (Phi) is 7.15. The number of ether oxygens (including phenoxy) is 2. The second-order valence-corrected chi connectivity index (χ2v) is 4.53. The van der Waals surface area contributed by atoms with Crippen LogP contribution in [0.1, 0.15) is 25.0 Å². The van der Waals surface area contributed by atoms with Crippen LogP contribution in [-0.4, -0.2) is 32.3 Å². The van der Waals surface area contributed by atoms with Gasteiger partial charge in [0.05, 0.1) is 0 Å². The lowest BCUT2D eigenvalue weighted by atomic mass is 10.1. The first-order valence-electron chi connectivity index (χ1n) is 6.62. The molecule has 0 amide bonds. The summed E-state index contributed by atoms with van der Waals surface area (Å²) >= 11 is 0. The standard InChI is InChI=1S/C15H23NO3/c1-4-13-5-7-14(8-6-13)10-16-9-12(2)19-15(17)11-18-3/h5-8,12,16H,4,9-11H2,1-3H3. The number of nitrogens with one attached hydrogen (secondary N) is 1. The highest BCUT2D eigenvalue weighted by Gasteiger charge is 2.08. The van der Waals surface area contributed by atoms with Crippen molar-refractivity contribution in [2.75, 3.05) is 20.3 Å². The highest BCUT2D eigenvalue weighted by Crippen LogP contribution is 2.04. The van der Waals surface area contributed by atoms with Crippen LogP contribution < -0.4 is 5.32 Å². The quantitative estimate of drug-likeness (QED) is 0.729. The largest absolute Gasteiger partial charge is 0.460 e. The summed E-state index contributed by atoms with van der Waals surface area (Å²) in [4.78, 5) is 11.2. The van der Waals surface area contributed by atoms with Crippen molar-refractivity contribution in [3.05, 3.63) is 35.4 Å². The summed E-state index contributed by atoms with van der Waals surface area (Å²) in [6.45, 7) is 5.41. The van der Waals surface area contributed by atoms with Gasteiger partial charge in [-0.3, -0.25) is 0 Å². The molecular weight excluding hydrogens is 242 g/mol. The van der Waals surface area contributed by atoms with E-state index in [1.54, 1.807) is 0 Å². The first-order valence-corrected chi connectivity index (χ1v) is 6.62. The summed E-state index contributed by atoms with van der Waals surface area (Å²) in [6.07, 6.45) is 0.901. The average molecular weight is 265 g/mol. The third kappa shape index (κ3) is 6.36. The molecule has 1 atom stereocenters. The molecular formula is C15H23NO3. The Morgan fingerprint density at radius 3 is 2.47 bits per heavy atom. The van der Waals surface area contributed by atoms with Crippen LogP contribution in [-0.2, 0) is 27.2 Å². The van der Waals surface area contributed by atoms with E-state index >= 15 is 0 Å². The van der Waals surface area contributed by atoms with Crippen molar-refractivity contribution in [3.8, 4) is 0 Å². The van der Waals surface area contributed by atoms with Crippen molar-refractivity contribution in [1.29, 1.82) is 0 Å². The fourth-order valence-corrected chi connectivity index (χ4v) is 1.73. The molecule has 0 heterocycles. The lowest BCUT2D eigenvalue weighted by molar-refractivity contribution is -0.152. The minimum absolute atomic E-state index is 0.00280. The van der Waals surface area contributed by atoms with E-state index in [1.807, 2.05) is 6.92 Å². The minimum atomic E-state index is -0.330. The highest BCUT2D eigenvalue weighted by molar-refractivity contribution is 5.70. The van der Waals surface area contributed by atoms with Crippen LogP contribution in [0.4, 0.5) is 0 Å². The van der Waals surface area contributed by atoms with Gasteiger partial charge in [-0.2, -0.15) is 0 Å². The van der Waals surface area contributed by atoms with Gasteiger partial charge in [-0.05, 0) is 24.5 Å². The van der Waals surface area contributed by atoms with Crippen molar-refractivity contribution in [2.45, 2.75) is 32.9 Å². The number of esters is 1. The molecule has 0 saturated carbocycles. The van der Waals surface area contributed by atoms with Crippen LogP contribution >= 0.6 is 0 Å². The minimum Gasteiger partial charge on any atom is -0.460 e. The van der Waals surface area contributed by atoms with E-state index in [9.17, 15) is 4.79 Å². The Balaban J connectivity index is 2.23. The van der Waals surface area contributed by atoms with Crippen LogP contribution in [0.3, 0.4) is 0 Å². The van der Waals surface area contributed by atoms with Gasteiger partial charge in [0.15, 0.2) is 0 Å². The lowest BCUT2D eigenvalue weighted by Gasteiger charge is -2.14. The van der Waals surface area contributed by atoms with Crippen molar-refractivity contribution >= 4 is 5.97 Å². The maximum atomic E-state index is 11.2. The number of rotatable bonds is 8. The highest BCUT2D eigenvalue weighted by atomic mass is 16.6. The van der Waals surface area contributed by atoms with Gasteiger partial charge in [-0.15, -0.1) is 0 Å². The van der Waals surface area contributed by atoms with E-state index in [4.69, 9.17) is 9.47 Å². The van der Waals surface area contributed by atoms with Crippen LogP contribution in [0.25, 0.3) is 0 Å². The zero-order valence-electron chi connectivity index (χ0n) is 11.9. The Bertz CT molecular complexity index is 375. The number of benzene rings is 1. The molecule has 0 saturated heterocycles. The molecule has 1 rings (SSSR count). The Labute approximate surface area is 115 Å². The third-order valence-electron chi connectivity index (χ3n) is 2.79. The molecule has 0 radical (unpaired) electrons. The van der Waals surface area contributed by atoms with Crippen molar-refractivity contribution in [1.82, 2.24) is 5.32 Å². The fraction of sp³-hybridized carbons (Fsp3) is 0.533. The predicted octanol–water partition coefficient (Wildman–Crippen LogP) is 1.92. The van der Waals surface area contributed by atoms with Gasteiger partial charge < -0.3 is 14.8 Å². The van der Waals surface area contributed by atoms with Crippen LogP contribution in [0.2, 0.25) is 0 Å². The van der Waals surface area contributed by atoms with Crippen molar-refractivity contribution in [2.24, 2.45) is 0 Å². The Morgan fingerprint density at radius 2 is 1.89 bits per heavy atom. The molecule has 0 aliphatic heterocycles. The maximum absolute atomic E-state index is 11.2. The van der Waals surface area contributed by atoms with Gasteiger partial charge >= 0.3 is 5.97 Å². The second kappa shape index (κ2) is 8.67. The summed E-state index contributed by atoms with van der Waals surface area (Å²) in [5, 5.41) is 3.27. The Hall–Kier alpha value is -1.39. The number of methoxy groups -OCH3 is 1. The van der Waals surface area contributed by atoms with E-state index in [1.165, 1.54) is 18.2 Å². The van der Waals surface area contributed by atoms with Crippen LogP contribution in [0.5, 0.6) is 0 Å². The average Bonchev–Trinajstić information content (AvgIpc) is 2.39. The number of hydrogen-bond acceptors (Lipinski definition) is 4. The van der Waals surface area contributed by atoms with Gasteiger partial charge in [0.1, 0.15) is 12.7 Å². The Morgan fingerprint density at radius 1 is 1.26 bits per heavy atom. The van der Waals surface area contributed by atoms with E-state index in [-0.39, 0.29) is 18.7 Å². The van der Waals surface area contributed by atoms with E-state index in [0.717, 1.165) is 13.0 Å². The molecule has 1 N–H and O–H groups in total. The van der Waals surface area contributed by atoms with Crippen molar-refractivity contribution < 1.29 is 14.3 Å². The number of aryl methyl sites for hydroxylation is 1. The van der Waals surface area contributed by atoms with Gasteiger partial charge in [0.2, 0.25) is 0 Å². The molecule has 1 aromatic carbocycles. The van der Waals surface area contributed by atoms with E-state index in [0.29, 0.717) is 6.54 Å². The smallest absolute Gasteiger partial charge is 0.332 e. The monoisotopic (exact) mass is 265 g/mol. The molecule has 19 heavy (non-hydrogen) atoms. The van der Waals surface area contributed by atoms with Gasteiger partial charge in [-0.1, -0.05) is 31.2 Å².